The standard InChI is InChI=1S/C19H25NO4/c1-24-16-10-15(11-19(22)23)20(12-16)18(21)9-14-7-4-6-13-5-2-3-8-17(13)14/h2-3,5,8,14-16H,4,6-7,9-12H2,1H3,(H,22,23). The van der Waals surface area contributed by atoms with Crippen LogP contribution in [0, 0.1) is 0 Å². The molecule has 24 heavy (non-hydrogen) atoms. The summed E-state index contributed by atoms with van der Waals surface area (Å²) < 4.78 is 5.36. The average molecular weight is 331 g/mol. The van der Waals surface area contributed by atoms with Gasteiger partial charge >= 0.3 is 5.97 Å². The van der Waals surface area contributed by atoms with E-state index in [2.05, 4.69) is 18.2 Å². The highest BCUT2D eigenvalue weighted by molar-refractivity contribution is 5.79. The largest absolute Gasteiger partial charge is 0.481 e. The summed E-state index contributed by atoms with van der Waals surface area (Å²) in [6.07, 6.45) is 4.21. The second-order valence-corrected chi connectivity index (χ2v) is 6.88. The summed E-state index contributed by atoms with van der Waals surface area (Å²) in [5.41, 5.74) is 2.63. The molecule has 1 heterocycles. The molecule has 0 spiro atoms. The first-order chi connectivity index (χ1) is 11.6. The van der Waals surface area contributed by atoms with E-state index in [1.165, 1.54) is 11.1 Å². The van der Waals surface area contributed by atoms with Crippen LogP contribution < -0.4 is 0 Å². The number of nitrogens with zero attached hydrogens (tertiary/aromatic N) is 1. The summed E-state index contributed by atoms with van der Waals surface area (Å²) in [7, 11) is 1.62. The van der Waals surface area contributed by atoms with Gasteiger partial charge in [0.25, 0.3) is 0 Å². The van der Waals surface area contributed by atoms with Crippen LogP contribution in [0.15, 0.2) is 24.3 Å². The smallest absolute Gasteiger partial charge is 0.305 e. The predicted molar refractivity (Wildman–Crippen MR) is 89.9 cm³/mol. The van der Waals surface area contributed by atoms with Crippen LogP contribution in [0.25, 0.3) is 0 Å². The molecular weight excluding hydrogens is 306 g/mol. The Balaban J connectivity index is 1.71. The Morgan fingerprint density at radius 3 is 2.83 bits per heavy atom. The SMILES string of the molecule is COC1CC(CC(=O)O)N(C(=O)CC2CCCc3ccccc32)C1. The molecule has 1 aromatic carbocycles. The summed E-state index contributed by atoms with van der Waals surface area (Å²) in [6.45, 7) is 0.502. The van der Waals surface area contributed by atoms with Crippen molar-refractivity contribution in [2.45, 2.75) is 56.6 Å². The molecule has 1 N–H and O–H groups in total. The van der Waals surface area contributed by atoms with Crippen molar-refractivity contribution >= 4 is 11.9 Å². The lowest BCUT2D eigenvalue weighted by Gasteiger charge is -2.29. The van der Waals surface area contributed by atoms with E-state index in [0.717, 1.165) is 19.3 Å². The zero-order chi connectivity index (χ0) is 17.1. The Labute approximate surface area is 142 Å². The number of benzene rings is 1. The number of fused-ring (bicyclic) bond motifs is 1. The highest BCUT2D eigenvalue weighted by atomic mass is 16.5. The maximum atomic E-state index is 12.9. The molecule has 0 radical (unpaired) electrons. The van der Waals surface area contributed by atoms with E-state index in [1.54, 1.807) is 12.0 Å². The number of likely N-dealkylation sites (tertiary alicyclic amines) is 1. The van der Waals surface area contributed by atoms with Gasteiger partial charge in [0, 0.05) is 26.1 Å². The Morgan fingerprint density at radius 1 is 1.29 bits per heavy atom. The van der Waals surface area contributed by atoms with E-state index in [9.17, 15) is 9.59 Å². The van der Waals surface area contributed by atoms with Crippen LogP contribution >= 0.6 is 0 Å². The first-order valence-electron chi connectivity index (χ1n) is 8.70. The molecular formula is C19H25NO4. The third-order valence-corrected chi connectivity index (χ3v) is 5.35. The molecule has 1 aromatic rings. The van der Waals surface area contributed by atoms with Crippen molar-refractivity contribution in [1.29, 1.82) is 0 Å². The molecule has 3 atom stereocenters. The van der Waals surface area contributed by atoms with Gasteiger partial charge in [0.15, 0.2) is 0 Å². The summed E-state index contributed by atoms with van der Waals surface area (Å²) in [6, 6.07) is 8.11. The number of carbonyl (C=O) groups is 2. The van der Waals surface area contributed by atoms with Crippen molar-refractivity contribution in [3.63, 3.8) is 0 Å². The third-order valence-electron chi connectivity index (χ3n) is 5.35. The van der Waals surface area contributed by atoms with Gasteiger partial charge in [0.1, 0.15) is 0 Å². The fraction of sp³-hybridized carbons (Fsp3) is 0.579. The van der Waals surface area contributed by atoms with Gasteiger partial charge in [-0.1, -0.05) is 24.3 Å². The van der Waals surface area contributed by atoms with Crippen LogP contribution in [0.4, 0.5) is 0 Å². The number of amides is 1. The van der Waals surface area contributed by atoms with Crippen molar-refractivity contribution in [2.24, 2.45) is 0 Å². The minimum absolute atomic E-state index is 0.00709. The molecule has 5 nitrogen and oxygen atoms in total. The highest BCUT2D eigenvalue weighted by Crippen LogP contribution is 2.35. The Bertz CT molecular complexity index is 615. The first kappa shape index (κ1) is 17.0. The van der Waals surface area contributed by atoms with Crippen molar-refractivity contribution in [1.82, 2.24) is 4.90 Å². The van der Waals surface area contributed by atoms with E-state index in [4.69, 9.17) is 9.84 Å². The lowest BCUT2D eigenvalue weighted by molar-refractivity contribution is -0.140. The molecule has 1 fully saturated rings. The fourth-order valence-corrected chi connectivity index (χ4v) is 4.14. The summed E-state index contributed by atoms with van der Waals surface area (Å²) in [5, 5.41) is 9.11. The van der Waals surface area contributed by atoms with Crippen molar-refractivity contribution in [2.75, 3.05) is 13.7 Å². The van der Waals surface area contributed by atoms with Gasteiger partial charge < -0.3 is 14.7 Å². The molecule has 0 aromatic heterocycles. The van der Waals surface area contributed by atoms with Gasteiger partial charge in [-0.05, 0) is 42.7 Å². The van der Waals surface area contributed by atoms with Crippen LogP contribution in [0.2, 0.25) is 0 Å². The van der Waals surface area contributed by atoms with Crippen LogP contribution in [0.5, 0.6) is 0 Å². The summed E-state index contributed by atoms with van der Waals surface area (Å²) in [4.78, 5) is 25.7. The van der Waals surface area contributed by atoms with Gasteiger partial charge in [-0.2, -0.15) is 0 Å². The molecule has 0 bridgehead atoms. The highest BCUT2D eigenvalue weighted by Gasteiger charge is 2.37. The number of aryl methyl sites for hydroxylation is 1. The number of ether oxygens (including phenoxy) is 1. The molecule has 1 amide bonds. The maximum absolute atomic E-state index is 12.9. The van der Waals surface area contributed by atoms with Gasteiger partial charge in [-0.3, -0.25) is 9.59 Å². The lowest BCUT2D eigenvalue weighted by atomic mass is 9.81. The number of methoxy groups -OCH3 is 1. The second-order valence-electron chi connectivity index (χ2n) is 6.88. The fourth-order valence-electron chi connectivity index (χ4n) is 4.14. The number of carboxylic acids is 1. The third kappa shape index (κ3) is 3.61. The zero-order valence-electron chi connectivity index (χ0n) is 14.1. The number of aliphatic carboxylic acids is 1. The van der Waals surface area contributed by atoms with E-state index >= 15 is 0 Å². The number of rotatable bonds is 5. The van der Waals surface area contributed by atoms with E-state index < -0.39 is 5.97 Å². The van der Waals surface area contributed by atoms with Crippen LogP contribution in [0.1, 0.15) is 49.1 Å². The lowest BCUT2D eigenvalue weighted by Crippen LogP contribution is -2.38. The molecule has 130 valence electrons. The van der Waals surface area contributed by atoms with E-state index in [0.29, 0.717) is 19.4 Å². The monoisotopic (exact) mass is 331 g/mol. The Hall–Kier alpha value is -1.88. The van der Waals surface area contributed by atoms with Crippen LogP contribution in [-0.4, -0.2) is 47.7 Å². The maximum Gasteiger partial charge on any atom is 0.305 e. The summed E-state index contributed by atoms with van der Waals surface area (Å²) >= 11 is 0. The van der Waals surface area contributed by atoms with Crippen molar-refractivity contribution in [3.8, 4) is 0 Å². The zero-order valence-corrected chi connectivity index (χ0v) is 14.1. The summed E-state index contributed by atoms with van der Waals surface area (Å²) in [5.74, 6) is -0.561. The molecule has 3 rings (SSSR count). The number of hydrogen-bond acceptors (Lipinski definition) is 3. The van der Waals surface area contributed by atoms with Crippen LogP contribution in [0.3, 0.4) is 0 Å². The van der Waals surface area contributed by atoms with Gasteiger partial charge in [-0.25, -0.2) is 0 Å². The molecule has 2 aliphatic rings. The second kappa shape index (κ2) is 7.34. The average Bonchev–Trinajstić information content (AvgIpc) is 2.97. The van der Waals surface area contributed by atoms with Gasteiger partial charge in [0.05, 0.1) is 12.5 Å². The minimum Gasteiger partial charge on any atom is -0.481 e. The molecule has 3 unspecified atom stereocenters. The van der Waals surface area contributed by atoms with E-state index in [1.807, 2.05) is 6.07 Å². The topological polar surface area (TPSA) is 66.8 Å². The first-order valence-corrected chi connectivity index (χ1v) is 8.70. The number of carboxylic acid groups (broad SMARTS) is 1. The quantitative estimate of drug-likeness (QED) is 0.900. The number of hydrogen-bond donors (Lipinski definition) is 1. The molecule has 1 aliphatic heterocycles. The Kier molecular flexibility index (Phi) is 5.19. The predicted octanol–water partition coefficient (Wildman–Crippen LogP) is 2.59. The number of carbonyl (C=O) groups excluding carboxylic acids is 1. The van der Waals surface area contributed by atoms with Gasteiger partial charge in [-0.15, -0.1) is 0 Å². The van der Waals surface area contributed by atoms with Crippen molar-refractivity contribution < 1.29 is 19.4 Å². The normalized spacial score (nSPS) is 26.2. The minimum atomic E-state index is -0.863. The van der Waals surface area contributed by atoms with Crippen LogP contribution in [-0.2, 0) is 20.7 Å². The van der Waals surface area contributed by atoms with E-state index in [-0.39, 0.29) is 30.4 Å². The molecule has 1 aliphatic carbocycles. The Morgan fingerprint density at radius 2 is 2.08 bits per heavy atom. The molecule has 0 saturated carbocycles. The molecule has 5 heteroatoms. The van der Waals surface area contributed by atoms with Gasteiger partial charge in [0.2, 0.25) is 5.91 Å². The van der Waals surface area contributed by atoms with Crippen molar-refractivity contribution in [3.05, 3.63) is 35.4 Å². The molecule has 1 saturated heterocycles.